The van der Waals surface area contributed by atoms with Crippen LogP contribution in [-0.4, -0.2) is 16.2 Å². The van der Waals surface area contributed by atoms with Crippen molar-refractivity contribution < 1.29 is 14.2 Å². The molecule has 2 aromatic carbocycles. The zero-order valence-electron chi connectivity index (χ0n) is 11.8. The van der Waals surface area contributed by atoms with Crippen molar-refractivity contribution >= 4 is 11.6 Å². The van der Waals surface area contributed by atoms with Crippen LogP contribution in [0, 0.1) is 6.92 Å². The van der Waals surface area contributed by atoms with Gasteiger partial charge in [0.15, 0.2) is 5.69 Å². The quantitative estimate of drug-likeness (QED) is 0.798. The van der Waals surface area contributed by atoms with Gasteiger partial charge in [-0.3, -0.25) is 4.79 Å². The highest BCUT2D eigenvalue weighted by atomic mass is 16.6. The molecule has 0 spiro atoms. The molecule has 110 valence electrons. The fraction of sp³-hybridized carbons (Fsp3) is 0.0625. The van der Waals surface area contributed by atoms with E-state index in [4.69, 9.17) is 4.74 Å². The largest absolute Gasteiger partial charge is 0.457 e. The lowest BCUT2D eigenvalue weighted by Crippen LogP contribution is -2.13. The number of carbonyl (C=O) groups is 1. The molecule has 1 aromatic heterocycles. The van der Waals surface area contributed by atoms with E-state index in [0.29, 0.717) is 17.1 Å². The Morgan fingerprint density at radius 2 is 1.68 bits per heavy atom. The summed E-state index contributed by atoms with van der Waals surface area (Å²) >= 11 is 0. The molecule has 22 heavy (non-hydrogen) atoms. The molecule has 0 fully saturated rings. The minimum Gasteiger partial charge on any atom is -0.457 e. The van der Waals surface area contributed by atoms with Gasteiger partial charge in [0.05, 0.1) is 0 Å². The van der Waals surface area contributed by atoms with Gasteiger partial charge in [-0.25, -0.2) is 4.63 Å². The number of aryl methyl sites for hydroxylation is 1. The highest BCUT2D eigenvalue weighted by Crippen LogP contribution is 2.22. The van der Waals surface area contributed by atoms with E-state index < -0.39 is 0 Å². The Hall–Kier alpha value is -3.15. The van der Waals surface area contributed by atoms with E-state index in [1.807, 2.05) is 30.3 Å². The molecule has 0 saturated carbocycles. The number of anilines is 1. The maximum absolute atomic E-state index is 12.0. The minimum absolute atomic E-state index is 0.171. The Balaban J connectivity index is 1.67. The van der Waals surface area contributed by atoms with Gasteiger partial charge in [0.2, 0.25) is 0 Å². The van der Waals surface area contributed by atoms with Crippen molar-refractivity contribution in [3.8, 4) is 11.5 Å². The molecule has 1 N–H and O–H groups in total. The van der Waals surface area contributed by atoms with Crippen LogP contribution in [0.25, 0.3) is 0 Å². The molecule has 6 heteroatoms. The summed E-state index contributed by atoms with van der Waals surface area (Å²) in [4.78, 5) is 12.0. The van der Waals surface area contributed by atoms with Gasteiger partial charge in [-0.15, -0.1) is 0 Å². The second kappa shape index (κ2) is 6.09. The molecular weight excluding hydrogens is 282 g/mol. The second-order valence-electron chi connectivity index (χ2n) is 4.59. The van der Waals surface area contributed by atoms with Crippen molar-refractivity contribution in [2.75, 3.05) is 5.32 Å². The average Bonchev–Trinajstić information content (AvgIpc) is 2.96. The number of para-hydroxylation sites is 1. The highest BCUT2D eigenvalue weighted by Gasteiger charge is 2.14. The molecular formula is C16H13N3O3. The van der Waals surface area contributed by atoms with Crippen molar-refractivity contribution in [2.45, 2.75) is 6.92 Å². The minimum atomic E-state index is -0.365. The SMILES string of the molecule is Cc1nonc1C(=O)Nc1ccc(Oc2ccccc2)cc1. The number of aromatic nitrogens is 2. The Morgan fingerprint density at radius 1 is 1.00 bits per heavy atom. The molecule has 0 bridgehead atoms. The summed E-state index contributed by atoms with van der Waals surface area (Å²) in [5.41, 5.74) is 1.25. The summed E-state index contributed by atoms with van der Waals surface area (Å²) in [5.74, 6) is 1.07. The number of ether oxygens (including phenoxy) is 1. The molecule has 0 aliphatic carbocycles. The number of rotatable bonds is 4. The van der Waals surface area contributed by atoms with E-state index in [1.54, 1.807) is 31.2 Å². The Kier molecular flexibility index (Phi) is 3.82. The van der Waals surface area contributed by atoms with Crippen LogP contribution >= 0.6 is 0 Å². The molecule has 3 rings (SSSR count). The first kappa shape index (κ1) is 13.8. The van der Waals surface area contributed by atoms with E-state index in [9.17, 15) is 4.79 Å². The fourth-order valence-corrected chi connectivity index (χ4v) is 1.86. The van der Waals surface area contributed by atoms with E-state index >= 15 is 0 Å². The standard InChI is InChI=1S/C16H13N3O3/c1-11-15(19-22-18-11)16(20)17-12-7-9-14(10-8-12)21-13-5-3-2-4-6-13/h2-10H,1H3,(H,17,20). The third-order valence-electron chi connectivity index (χ3n) is 2.96. The van der Waals surface area contributed by atoms with Crippen LogP contribution in [0.1, 0.15) is 16.2 Å². The number of benzene rings is 2. The van der Waals surface area contributed by atoms with Crippen LogP contribution in [0.4, 0.5) is 5.69 Å². The van der Waals surface area contributed by atoms with Crippen LogP contribution in [0.3, 0.4) is 0 Å². The number of amides is 1. The first-order valence-electron chi connectivity index (χ1n) is 6.66. The molecule has 0 aliphatic rings. The summed E-state index contributed by atoms with van der Waals surface area (Å²) in [6, 6.07) is 16.5. The Morgan fingerprint density at radius 3 is 2.32 bits per heavy atom. The molecule has 3 aromatic rings. The highest BCUT2D eigenvalue weighted by molar-refractivity contribution is 6.03. The van der Waals surface area contributed by atoms with Crippen molar-refractivity contribution in [3.05, 3.63) is 66.0 Å². The van der Waals surface area contributed by atoms with Gasteiger partial charge in [-0.05, 0) is 48.5 Å². The lowest BCUT2D eigenvalue weighted by molar-refractivity contribution is 0.101. The molecule has 0 aliphatic heterocycles. The number of hydrogen-bond acceptors (Lipinski definition) is 5. The third-order valence-corrected chi connectivity index (χ3v) is 2.96. The molecule has 6 nitrogen and oxygen atoms in total. The van der Waals surface area contributed by atoms with Crippen molar-refractivity contribution in [2.24, 2.45) is 0 Å². The van der Waals surface area contributed by atoms with Gasteiger partial charge >= 0.3 is 0 Å². The predicted molar refractivity (Wildman–Crippen MR) is 79.9 cm³/mol. The normalized spacial score (nSPS) is 10.2. The van der Waals surface area contributed by atoms with Gasteiger partial charge in [0, 0.05) is 5.69 Å². The molecule has 0 unspecified atom stereocenters. The molecule has 1 heterocycles. The molecule has 0 radical (unpaired) electrons. The number of nitrogens with one attached hydrogen (secondary N) is 1. The van der Waals surface area contributed by atoms with Crippen LogP contribution in [0.5, 0.6) is 11.5 Å². The van der Waals surface area contributed by atoms with Crippen molar-refractivity contribution in [1.82, 2.24) is 10.3 Å². The van der Waals surface area contributed by atoms with Crippen LogP contribution < -0.4 is 10.1 Å². The number of hydrogen-bond donors (Lipinski definition) is 1. The summed E-state index contributed by atoms with van der Waals surface area (Å²) in [6.45, 7) is 1.65. The monoisotopic (exact) mass is 295 g/mol. The van der Waals surface area contributed by atoms with Crippen LogP contribution in [0.2, 0.25) is 0 Å². The van der Waals surface area contributed by atoms with Gasteiger partial charge in [0.1, 0.15) is 17.2 Å². The average molecular weight is 295 g/mol. The maximum Gasteiger partial charge on any atom is 0.279 e. The summed E-state index contributed by atoms with van der Waals surface area (Å²) in [6.07, 6.45) is 0. The van der Waals surface area contributed by atoms with E-state index in [-0.39, 0.29) is 11.6 Å². The topological polar surface area (TPSA) is 77.2 Å². The van der Waals surface area contributed by atoms with E-state index in [1.165, 1.54) is 0 Å². The molecule has 0 atom stereocenters. The van der Waals surface area contributed by atoms with Gasteiger partial charge in [-0.2, -0.15) is 0 Å². The number of nitrogens with zero attached hydrogens (tertiary/aromatic N) is 2. The Bertz CT molecular complexity index is 767. The maximum atomic E-state index is 12.0. The Labute approximate surface area is 126 Å². The number of carbonyl (C=O) groups excluding carboxylic acids is 1. The first-order chi connectivity index (χ1) is 10.7. The zero-order valence-corrected chi connectivity index (χ0v) is 11.8. The fourth-order valence-electron chi connectivity index (χ4n) is 1.86. The van der Waals surface area contributed by atoms with Gasteiger partial charge in [0.25, 0.3) is 5.91 Å². The lowest BCUT2D eigenvalue weighted by atomic mass is 10.2. The smallest absolute Gasteiger partial charge is 0.279 e. The van der Waals surface area contributed by atoms with Crippen LogP contribution in [0.15, 0.2) is 59.2 Å². The predicted octanol–water partition coefficient (Wildman–Crippen LogP) is 3.42. The van der Waals surface area contributed by atoms with Crippen molar-refractivity contribution in [3.63, 3.8) is 0 Å². The van der Waals surface area contributed by atoms with E-state index in [2.05, 4.69) is 20.3 Å². The molecule has 1 amide bonds. The zero-order chi connectivity index (χ0) is 15.4. The second-order valence-corrected chi connectivity index (χ2v) is 4.59. The molecule has 0 saturated heterocycles. The van der Waals surface area contributed by atoms with Gasteiger partial charge < -0.3 is 10.1 Å². The summed E-state index contributed by atoms with van der Waals surface area (Å²) in [5, 5.41) is 9.85. The summed E-state index contributed by atoms with van der Waals surface area (Å²) < 4.78 is 10.2. The first-order valence-corrected chi connectivity index (χ1v) is 6.66. The van der Waals surface area contributed by atoms with Crippen LogP contribution in [-0.2, 0) is 0 Å². The van der Waals surface area contributed by atoms with E-state index in [0.717, 1.165) is 5.75 Å². The van der Waals surface area contributed by atoms with Crippen molar-refractivity contribution in [1.29, 1.82) is 0 Å². The summed E-state index contributed by atoms with van der Waals surface area (Å²) in [7, 11) is 0. The lowest BCUT2D eigenvalue weighted by Gasteiger charge is -2.07. The third kappa shape index (κ3) is 3.12. The van der Waals surface area contributed by atoms with Gasteiger partial charge in [-0.1, -0.05) is 23.4 Å².